The Kier molecular flexibility index (Phi) is 23.6. The van der Waals surface area contributed by atoms with E-state index >= 15 is 0 Å². The molecule has 0 aliphatic rings. The van der Waals surface area contributed by atoms with Gasteiger partial charge in [-0.05, 0) is 0 Å². The standard InChI is InChI=1S/C29H48N4O8/c1-5-13-30-17-9-25(34)38-21-29(22-39-26(35)10-18-31-14-6-2,23-40-27(36)11-19-32-15-7-3)24-41-28(37)12-20-33-16-8-4/h5-8,30-33H,1-4,9-24H2. The number of hydrogen-bond donors (Lipinski definition) is 4. The summed E-state index contributed by atoms with van der Waals surface area (Å²) in [6.45, 7) is 16.8. The maximum Gasteiger partial charge on any atom is 0.307 e. The van der Waals surface area contributed by atoms with Gasteiger partial charge in [0.15, 0.2) is 0 Å². The monoisotopic (exact) mass is 580 g/mol. The van der Waals surface area contributed by atoms with E-state index in [2.05, 4.69) is 47.6 Å². The van der Waals surface area contributed by atoms with Crippen LogP contribution in [0.2, 0.25) is 0 Å². The predicted octanol–water partition coefficient (Wildman–Crippen LogP) is 0.808. The van der Waals surface area contributed by atoms with Gasteiger partial charge in [-0.25, -0.2) is 0 Å². The van der Waals surface area contributed by atoms with Gasteiger partial charge in [0.2, 0.25) is 0 Å². The molecule has 12 nitrogen and oxygen atoms in total. The van der Waals surface area contributed by atoms with Crippen LogP contribution in [0.25, 0.3) is 0 Å². The molecule has 12 heteroatoms. The first kappa shape index (κ1) is 37.7. The van der Waals surface area contributed by atoms with E-state index < -0.39 is 29.3 Å². The lowest BCUT2D eigenvalue weighted by atomic mass is 9.92. The minimum absolute atomic E-state index is 0.0716. The van der Waals surface area contributed by atoms with Crippen molar-refractivity contribution in [3.05, 3.63) is 50.6 Å². The summed E-state index contributed by atoms with van der Waals surface area (Å²) in [6.07, 6.45) is 6.95. The molecule has 4 N–H and O–H groups in total. The number of hydrogen-bond acceptors (Lipinski definition) is 12. The van der Waals surface area contributed by atoms with E-state index in [0.29, 0.717) is 52.4 Å². The highest BCUT2D eigenvalue weighted by Crippen LogP contribution is 2.22. The Morgan fingerprint density at radius 3 is 0.878 bits per heavy atom. The van der Waals surface area contributed by atoms with Crippen LogP contribution in [0.5, 0.6) is 0 Å². The van der Waals surface area contributed by atoms with Gasteiger partial charge in [-0.1, -0.05) is 24.3 Å². The third-order valence-corrected chi connectivity index (χ3v) is 5.34. The van der Waals surface area contributed by atoms with E-state index in [9.17, 15) is 19.2 Å². The van der Waals surface area contributed by atoms with Crippen LogP contribution in [0.15, 0.2) is 50.6 Å². The third kappa shape index (κ3) is 22.1. The van der Waals surface area contributed by atoms with Gasteiger partial charge in [0, 0.05) is 52.4 Å². The van der Waals surface area contributed by atoms with Crippen LogP contribution < -0.4 is 21.3 Å². The Labute approximate surface area is 243 Å². The Balaban J connectivity index is 5.51. The first-order valence-corrected chi connectivity index (χ1v) is 13.7. The second-order valence-electron chi connectivity index (χ2n) is 9.11. The van der Waals surface area contributed by atoms with Crippen molar-refractivity contribution in [3.63, 3.8) is 0 Å². The maximum atomic E-state index is 12.4. The summed E-state index contributed by atoms with van der Waals surface area (Å²) >= 11 is 0. The van der Waals surface area contributed by atoms with Crippen LogP contribution in [0.4, 0.5) is 0 Å². The molecule has 0 bridgehead atoms. The van der Waals surface area contributed by atoms with Gasteiger partial charge in [-0.2, -0.15) is 0 Å². The van der Waals surface area contributed by atoms with Gasteiger partial charge in [0.25, 0.3) is 0 Å². The fraction of sp³-hybridized carbons (Fsp3) is 0.586. The molecule has 41 heavy (non-hydrogen) atoms. The van der Waals surface area contributed by atoms with E-state index in [1.54, 1.807) is 24.3 Å². The zero-order valence-electron chi connectivity index (χ0n) is 24.2. The van der Waals surface area contributed by atoms with Gasteiger partial charge in [-0.3, -0.25) is 19.2 Å². The van der Waals surface area contributed by atoms with Crippen LogP contribution in [-0.4, -0.2) is 103 Å². The number of carbonyl (C=O) groups is 4. The molecule has 0 atom stereocenters. The van der Waals surface area contributed by atoms with Crippen molar-refractivity contribution in [2.45, 2.75) is 25.7 Å². The van der Waals surface area contributed by atoms with Gasteiger partial charge < -0.3 is 40.2 Å². The van der Waals surface area contributed by atoms with Crippen molar-refractivity contribution in [2.24, 2.45) is 5.41 Å². The Bertz CT molecular complexity index is 685. The molecule has 0 saturated heterocycles. The predicted molar refractivity (Wildman–Crippen MR) is 157 cm³/mol. The first-order valence-electron chi connectivity index (χ1n) is 13.7. The second-order valence-corrected chi connectivity index (χ2v) is 9.11. The highest BCUT2D eigenvalue weighted by atomic mass is 16.6. The highest BCUT2D eigenvalue weighted by Gasteiger charge is 2.38. The van der Waals surface area contributed by atoms with E-state index in [4.69, 9.17) is 18.9 Å². The van der Waals surface area contributed by atoms with Gasteiger partial charge in [-0.15, -0.1) is 26.3 Å². The summed E-state index contributed by atoms with van der Waals surface area (Å²) in [7, 11) is 0. The van der Waals surface area contributed by atoms with Crippen LogP contribution >= 0.6 is 0 Å². The average Bonchev–Trinajstić information content (AvgIpc) is 2.97. The maximum absolute atomic E-state index is 12.4. The zero-order valence-corrected chi connectivity index (χ0v) is 24.2. The van der Waals surface area contributed by atoms with Crippen LogP contribution in [0.1, 0.15) is 25.7 Å². The summed E-state index contributed by atoms with van der Waals surface area (Å²) in [6, 6.07) is 0. The number of carbonyl (C=O) groups excluding carboxylic acids is 4. The highest BCUT2D eigenvalue weighted by molar-refractivity contribution is 5.71. The molecule has 0 saturated carbocycles. The van der Waals surface area contributed by atoms with Crippen molar-refractivity contribution in [1.29, 1.82) is 0 Å². The minimum atomic E-state index is -1.32. The van der Waals surface area contributed by atoms with E-state index in [0.717, 1.165) is 0 Å². The summed E-state index contributed by atoms with van der Waals surface area (Å²) < 4.78 is 21.9. The van der Waals surface area contributed by atoms with E-state index in [1.807, 2.05) is 0 Å². The quantitative estimate of drug-likeness (QED) is 0.0448. The lowest BCUT2D eigenvalue weighted by molar-refractivity contribution is -0.170. The Morgan fingerprint density at radius 2 is 0.683 bits per heavy atom. The molecule has 0 spiro atoms. The minimum Gasteiger partial charge on any atom is -0.465 e. The molecule has 0 unspecified atom stereocenters. The van der Waals surface area contributed by atoms with Crippen molar-refractivity contribution in [1.82, 2.24) is 21.3 Å². The lowest BCUT2D eigenvalue weighted by Gasteiger charge is -2.31. The summed E-state index contributed by atoms with van der Waals surface area (Å²) in [4.78, 5) is 49.7. The smallest absolute Gasteiger partial charge is 0.307 e. The number of nitrogens with one attached hydrogen (secondary N) is 4. The molecule has 0 aliphatic carbocycles. The molecule has 0 aromatic rings. The number of ether oxygens (including phenoxy) is 4. The summed E-state index contributed by atoms with van der Waals surface area (Å²) in [5.41, 5.74) is -1.32. The molecule has 0 heterocycles. The molecular weight excluding hydrogens is 532 g/mol. The molecule has 232 valence electrons. The summed E-state index contributed by atoms with van der Waals surface area (Å²) in [5.74, 6) is -2.09. The van der Waals surface area contributed by atoms with E-state index in [-0.39, 0.29) is 52.1 Å². The van der Waals surface area contributed by atoms with Gasteiger partial charge in [0.05, 0.1) is 25.7 Å². The SMILES string of the molecule is C=CCNCCC(=O)OCC(COC(=O)CCNCC=C)(COC(=O)CCNCC=C)COC(=O)CCNCC=C. The van der Waals surface area contributed by atoms with Crippen molar-refractivity contribution >= 4 is 23.9 Å². The number of rotatable bonds is 28. The van der Waals surface area contributed by atoms with Crippen molar-refractivity contribution < 1.29 is 38.1 Å². The van der Waals surface area contributed by atoms with Gasteiger partial charge in [0.1, 0.15) is 31.8 Å². The molecule has 0 aromatic heterocycles. The fourth-order valence-electron chi connectivity index (χ4n) is 3.05. The largest absolute Gasteiger partial charge is 0.465 e. The van der Waals surface area contributed by atoms with Crippen LogP contribution in [-0.2, 0) is 38.1 Å². The Hall–Kier alpha value is -3.32. The zero-order chi connectivity index (χ0) is 30.6. The number of esters is 4. The fourth-order valence-corrected chi connectivity index (χ4v) is 3.05. The molecular formula is C29H48N4O8. The molecule has 0 rings (SSSR count). The molecule has 0 aliphatic heterocycles. The van der Waals surface area contributed by atoms with E-state index in [1.165, 1.54) is 0 Å². The summed E-state index contributed by atoms with van der Waals surface area (Å²) in [5, 5.41) is 12.0. The van der Waals surface area contributed by atoms with Crippen LogP contribution in [0, 0.1) is 5.41 Å². The van der Waals surface area contributed by atoms with Gasteiger partial charge >= 0.3 is 23.9 Å². The van der Waals surface area contributed by atoms with Crippen molar-refractivity contribution in [2.75, 3.05) is 78.8 Å². The lowest BCUT2D eigenvalue weighted by Crippen LogP contribution is -2.44. The average molecular weight is 581 g/mol. The Morgan fingerprint density at radius 1 is 0.463 bits per heavy atom. The topological polar surface area (TPSA) is 153 Å². The molecule has 0 radical (unpaired) electrons. The molecule has 0 fully saturated rings. The molecule has 0 amide bonds. The second kappa shape index (κ2) is 25.6. The third-order valence-electron chi connectivity index (χ3n) is 5.34. The normalized spacial score (nSPS) is 10.7. The first-order chi connectivity index (χ1) is 19.8. The molecule has 0 aromatic carbocycles. The van der Waals surface area contributed by atoms with Crippen LogP contribution in [0.3, 0.4) is 0 Å². The van der Waals surface area contributed by atoms with Crippen molar-refractivity contribution in [3.8, 4) is 0 Å².